The molecule has 0 bridgehead atoms. The summed E-state index contributed by atoms with van der Waals surface area (Å²) in [5, 5.41) is 3.89. The molecule has 3 rings (SSSR count). The first-order valence-electron chi connectivity index (χ1n) is 6.81. The molecular formula is C14H16N4O3. The molecule has 0 aliphatic carbocycles. The maximum Gasteiger partial charge on any atom is 0.246 e. The van der Waals surface area contributed by atoms with Gasteiger partial charge in [0, 0.05) is 19.9 Å². The second kappa shape index (κ2) is 6.01. The molecule has 0 spiro atoms. The van der Waals surface area contributed by atoms with Crippen LogP contribution >= 0.6 is 0 Å². The molecule has 2 aromatic heterocycles. The zero-order valence-electron chi connectivity index (χ0n) is 11.7. The van der Waals surface area contributed by atoms with Crippen molar-refractivity contribution in [1.29, 1.82) is 0 Å². The Bertz CT molecular complexity index is 608. The fourth-order valence-corrected chi connectivity index (χ4v) is 2.24. The lowest BCUT2D eigenvalue weighted by Gasteiger charge is -2.18. The van der Waals surface area contributed by atoms with Crippen LogP contribution in [0.5, 0.6) is 0 Å². The molecule has 0 radical (unpaired) electrons. The molecule has 1 aliphatic rings. The normalized spacial score (nSPS) is 17.9. The van der Waals surface area contributed by atoms with Gasteiger partial charge in [-0.15, -0.1) is 0 Å². The Balaban J connectivity index is 1.65. The molecule has 1 fully saturated rings. The van der Waals surface area contributed by atoms with Crippen LogP contribution in [0.3, 0.4) is 0 Å². The van der Waals surface area contributed by atoms with Gasteiger partial charge in [0.1, 0.15) is 5.69 Å². The van der Waals surface area contributed by atoms with E-state index in [0.717, 1.165) is 6.42 Å². The van der Waals surface area contributed by atoms with E-state index in [4.69, 9.17) is 9.26 Å². The van der Waals surface area contributed by atoms with Gasteiger partial charge >= 0.3 is 0 Å². The number of rotatable bonds is 4. The average Bonchev–Trinajstić information content (AvgIpc) is 3.19. The van der Waals surface area contributed by atoms with Gasteiger partial charge < -0.3 is 14.2 Å². The zero-order chi connectivity index (χ0) is 14.7. The Morgan fingerprint density at radius 2 is 2.38 bits per heavy atom. The number of carbonyl (C=O) groups excluding carboxylic acids is 1. The van der Waals surface area contributed by atoms with Crippen LogP contribution in [-0.4, -0.2) is 46.2 Å². The summed E-state index contributed by atoms with van der Waals surface area (Å²) in [6.45, 7) is 1.43. The van der Waals surface area contributed by atoms with E-state index in [1.54, 1.807) is 24.2 Å². The first-order valence-corrected chi connectivity index (χ1v) is 6.81. The lowest BCUT2D eigenvalue weighted by molar-refractivity contribution is -0.135. The van der Waals surface area contributed by atoms with E-state index in [0.29, 0.717) is 30.6 Å². The number of amides is 1. The summed E-state index contributed by atoms with van der Waals surface area (Å²) in [5.41, 5.74) is 0.644. The van der Waals surface area contributed by atoms with Crippen LogP contribution in [0.2, 0.25) is 0 Å². The minimum absolute atomic E-state index is 0.0464. The molecule has 7 heteroatoms. The standard InChI is InChI=1S/C14H16N4O3/c1-18(14(19)10-5-7-20-9-10)8-12-16-13(17-21-12)11-4-2-3-6-15-11/h2-4,6,10H,5,7-9H2,1H3. The molecule has 3 heterocycles. The van der Waals surface area contributed by atoms with Crippen LogP contribution in [0.4, 0.5) is 0 Å². The highest BCUT2D eigenvalue weighted by atomic mass is 16.5. The summed E-state index contributed by atoms with van der Waals surface area (Å²) in [7, 11) is 1.73. The van der Waals surface area contributed by atoms with Crippen molar-refractivity contribution in [3.05, 3.63) is 30.3 Å². The molecule has 110 valence electrons. The van der Waals surface area contributed by atoms with Crippen LogP contribution in [0.15, 0.2) is 28.9 Å². The van der Waals surface area contributed by atoms with Gasteiger partial charge in [0.25, 0.3) is 0 Å². The minimum atomic E-state index is -0.0619. The van der Waals surface area contributed by atoms with E-state index >= 15 is 0 Å². The second-order valence-corrected chi connectivity index (χ2v) is 4.98. The van der Waals surface area contributed by atoms with Gasteiger partial charge in [0.2, 0.25) is 17.6 Å². The summed E-state index contributed by atoms with van der Waals surface area (Å²) in [6.07, 6.45) is 2.44. The maximum atomic E-state index is 12.2. The van der Waals surface area contributed by atoms with Crippen molar-refractivity contribution in [3.8, 4) is 11.5 Å². The Hall–Kier alpha value is -2.28. The second-order valence-electron chi connectivity index (χ2n) is 4.98. The van der Waals surface area contributed by atoms with Crippen molar-refractivity contribution in [3.63, 3.8) is 0 Å². The molecule has 0 N–H and O–H groups in total. The van der Waals surface area contributed by atoms with Gasteiger partial charge in [-0.3, -0.25) is 9.78 Å². The molecule has 0 saturated carbocycles. The Morgan fingerprint density at radius 3 is 3.10 bits per heavy atom. The Morgan fingerprint density at radius 1 is 1.48 bits per heavy atom. The van der Waals surface area contributed by atoms with Crippen LogP contribution in [0.25, 0.3) is 11.5 Å². The zero-order valence-corrected chi connectivity index (χ0v) is 11.7. The molecular weight excluding hydrogens is 272 g/mol. The monoisotopic (exact) mass is 288 g/mol. The SMILES string of the molecule is CN(Cc1nc(-c2ccccn2)no1)C(=O)C1CCOC1. The third-order valence-corrected chi connectivity index (χ3v) is 3.39. The third-order valence-electron chi connectivity index (χ3n) is 3.39. The van der Waals surface area contributed by atoms with Gasteiger partial charge in [-0.05, 0) is 18.6 Å². The predicted octanol–water partition coefficient (Wildman–Crippen LogP) is 1.13. The van der Waals surface area contributed by atoms with E-state index in [9.17, 15) is 4.79 Å². The number of carbonyl (C=O) groups is 1. The van der Waals surface area contributed by atoms with Crippen LogP contribution in [0.1, 0.15) is 12.3 Å². The highest BCUT2D eigenvalue weighted by Crippen LogP contribution is 2.17. The maximum absolute atomic E-state index is 12.2. The molecule has 1 aliphatic heterocycles. The van der Waals surface area contributed by atoms with Gasteiger partial charge in [-0.2, -0.15) is 4.98 Å². The third kappa shape index (κ3) is 3.08. The van der Waals surface area contributed by atoms with Crippen LogP contribution in [-0.2, 0) is 16.1 Å². The quantitative estimate of drug-likeness (QED) is 0.838. The molecule has 1 amide bonds. The molecule has 1 atom stereocenters. The summed E-state index contributed by atoms with van der Waals surface area (Å²) >= 11 is 0. The number of hydrogen-bond acceptors (Lipinski definition) is 6. The summed E-state index contributed by atoms with van der Waals surface area (Å²) in [4.78, 5) is 22.2. The van der Waals surface area contributed by atoms with E-state index < -0.39 is 0 Å². The highest BCUT2D eigenvalue weighted by Gasteiger charge is 2.27. The number of nitrogens with zero attached hydrogens (tertiary/aromatic N) is 4. The topological polar surface area (TPSA) is 81.4 Å². The van der Waals surface area contributed by atoms with Gasteiger partial charge in [0.05, 0.1) is 19.1 Å². The van der Waals surface area contributed by atoms with Crippen molar-refractivity contribution in [2.75, 3.05) is 20.3 Å². The molecule has 21 heavy (non-hydrogen) atoms. The van der Waals surface area contributed by atoms with Gasteiger partial charge in [0.15, 0.2) is 0 Å². The first-order chi connectivity index (χ1) is 10.2. The van der Waals surface area contributed by atoms with Crippen molar-refractivity contribution < 1.29 is 14.1 Å². The summed E-state index contributed by atoms with van der Waals surface area (Å²) < 4.78 is 10.4. The first kappa shape index (κ1) is 13.7. The highest BCUT2D eigenvalue weighted by molar-refractivity contribution is 5.78. The van der Waals surface area contributed by atoms with Crippen molar-refractivity contribution >= 4 is 5.91 Å². The number of aromatic nitrogens is 3. The van der Waals surface area contributed by atoms with E-state index in [2.05, 4.69) is 15.1 Å². The predicted molar refractivity (Wildman–Crippen MR) is 72.9 cm³/mol. The Labute approximate surface area is 121 Å². The number of pyridine rings is 1. The summed E-state index contributed by atoms with van der Waals surface area (Å²) in [6, 6.07) is 5.48. The lowest BCUT2D eigenvalue weighted by Crippen LogP contribution is -2.32. The van der Waals surface area contributed by atoms with E-state index in [1.165, 1.54) is 0 Å². The minimum Gasteiger partial charge on any atom is -0.381 e. The fraction of sp³-hybridized carbons (Fsp3) is 0.429. The molecule has 0 aromatic carbocycles. The van der Waals surface area contributed by atoms with Crippen molar-refractivity contribution in [2.45, 2.75) is 13.0 Å². The van der Waals surface area contributed by atoms with E-state index in [1.807, 2.05) is 12.1 Å². The molecule has 1 saturated heterocycles. The summed E-state index contributed by atoms with van der Waals surface area (Å²) in [5.74, 6) is 0.805. The van der Waals surface area contributed by atoms with Gasteiger partial charge in [-0.1, -0.05) is 11.2 Å². The Kier molecular flexibility index (Phi) is 3.92. The van der Waals surface area contributed by atoms with Crippen LogP contribution in [0, 0.1) is 5.92 Å². The smallest absolute Gasteiger partial charge is 0.246 e. The number of hydrogen-bond donors (Lipinski definition) is 0. The van der Waals surface area contributed by atoms with Crippen molar-refractivity contribution in [2.24, 2.45) is 5.92 Å². The molecule has 2 aromatic rings. The number of ether oxygens (including phenoxy) is 1. The average molecular weight is 288 g/mol. The van der Waals surface area contributed by atoms with Crippen LogP contribution < -0.4 is 0 Å². The lowest BCUT2D eigenvalue weighted by atomic mass is 10.1. The van der Waals surface area contributed by atoms with Crippen molar-refractivity contribution in [1.82, 2.24) is 20.0 Å². The molecule has 7 nitrogen and oxygen atoms in total. The fourth-order valence-electron chi connectivity index (χ4n) is 2.24. The molecule has 1 unspecified atom stereocenters. The van der Waals surface area contributed by atoms with E-state index in [-0.39, 0.29) is 18.4 Å². The van der Waals surface area contributed by atoms with Gasteiger partial charge in [-0.25, -0.2) is 0 Å². The largest absolute Gasteiger partial charge is 0.381 e.